The van der Waals surface area contributed by atoms with Crippen LogP contribution in [0.4, 0.5) is 0 Å². The summed E-state index contributed by atoms with van der Waals surface area (Å²) in [4.78, 5) is 9.98. The van der Waals surface area contributed by atoms with Gasteiger partial charge in [0.2, 0.25) is 0 Å². The number of phenolic OH excluding ortho intramolecular Hbond substituents is 1. The van der Waals surface area contributed by atoms with Gasteiger partial charge < -0.3 is 5.11 Å². The lowest BCUT2D eigenvalue weighted by Gasteiger charge is -2.28. The van der Waals surface area contributed by atoms with E-state index < -0.39 is 92.5 Å². The topological polar surface area (TPSA) is 50.9 Å². The van der Waals surface area contributed by atoms with Gasteiger partial charge in [0.1, 0.15) is 11.6 Å². The van der Waals surface area contributed by atoms with Crippen LogP contribution in [-0.4, -0.2) is 19.6 Å². The number of aromatic hydroxyl groups is 1. The number of phenols is 1. The molecule has 0 aliphatic heterocycles. The van der Waals surface area contributed by atoms with Crippen molar-refractivity contribution in [1.82, 2.24) is 14.5 Å². The Kier molecular flexibility index (Phi) is 6.31. The lowest BCUT2D eigenvalue weighted by atomic mass is 9.79. The molecular formula is C61H59N3O. The van der Waals surface area contributed by atoms with Crippen molar-refractivity contribution < 1.29 is 33.9 Å². The molecule has 0 atom stereocenters. The van der Waals surface area contributed by atoms with Gasteiger partial charge >= 0.3 is 0 Å². The number of fused-ring (bicyclic) bond motifs is 1. The van der Waals surface area contributed by atoms with Gasteiger partial charge in [0.15, 0.2) is 0 Å². The van der Waals surface area contributed by atoms with Crippen molar-refractivity contribution in [1.29, 1.82) is 0 Å². The Bertz CT molecular complexity index is 3920. The molecule has 2 heterocycles. The molecule has 324 valence electrons. The zero-order chi connectivity index (χ0) is 63.3. The molecule has 0 fully saturated rings. The molecule has 4 nitrogen and oxygen atoms in total. The van der Waals surface area contributed by atoms with Gasteiger partial charge in [0, 0.05) is 57.2 Å². The van der Waals surface area contributed by atoms with E-state index in [2.05, 4.69) is 0 Å². The van der Waals surface area contributed by atoms with Crippen LogP contribution in [0.3, 0.4) is 0 Å². The van der Waals surface area contributed by atoms with Crippen molar-refractivity contribution in [3.8, 4) is 78.6 Å². The summed E-state index contributed by atoms with van der Waals surface area (Å²) in [5.74, 6) is -1.83. The zero-order valence-corrected chi connectivity index (χ0v) is 36.0. The number of rotatable bonds is 7. The molecule has 1 N–H and O–H groups in total. The number of benzene rings is 7. The predicted molar refractivity (Wildman–Crippen MR) is 274 cm³/mol. The van der Waals surface area contributed by atoms with Gasteiger partial charge in [-0.3, -0.25) is 9.55 Å². The zero-order valence-electron chi connectivity index (χ0n) is 57.0. The maximum atomic E-state index is 13.1. The van der Waals surface area contributed by atoms with E-state index >= 15 is 0 Å². The number of aryl methyl sites for hydroxylation is 1. The lowest BCUT2D eigenvalue weighted by molar-refractivity contribution is 0.446. The molecular weight excluding hydrogens is 791 g/mol. The first-order chi connectivity index (χ1) is 39.6. The summed E-state index contributed by atoms with van der Waals surface area (Å²) >= 11 is 0. The van der Waals surface area contributed by atoms with Crippen LogP contribution in [0.2, 0.25) is 0 Å². The van der Waals surface area contributed by atoms with E-state index in [0.717, 1.165) is 16.7 Å². The highest BCUT2D eigenvalue weighted by Gasteiger charge is 2.30. The minimum Gasteiger partial charge on any atom is -0.507 e. The summed E-state index contributed by atoms with van der Waals surface area (Å²) in [6, 6.07) is 45.8. The number of para-hydroxylation sites is 1. The molecule has 0 spiro atoms. The Morgan fingerprint density at radius 2 is 1.15 bits per heavy atom. The van der Waals surface area contributed by atoms with Crippen molar-refractivity contribution in [3.05, 3.63) is 192 Å². The molecule has 0 saturated carbocycles. The van der Waals surface area contributed by atoms with Crippen LogP contribution in [-0.2, 0) is 16.2 Å². The second-order valence-corrected chi connectivity index (χ2v) is 17.4. The van der Waals surface area contributed by atoms with Crippen LogP contribution < -0.4 is 0 Å². The maximum absolute atomic E-state index is 13.1. The molecule has 0 radical (unpaired) electrons. The molecule has 9 aromatic rings. The molecule has 0 saturated heterocycles. The monoisotopic (exact) mass is 871 g/mol. The molecule has 0 unspecified atom stereocenters. The number of hydrogen-bond donors (Lipinski definition) is 1. The third-order valence-electron chi connectivity index (χ3n) is 11.7. The van der Waals surface area contributed by atoms with Crippen LogP contribution in [0.25, 0.3) is 83.9 Å². The Morgan fingerprint density at radius 1 is 0.492 bits per heavy atom. The highest BCUT2D eigenvalue weighted by molar-refractivity contribution is 5.98. The van der Waals surface area contributed by atoms with Gasteiger partial charge in [0.05, 0.1) is 28.0 Å². The van der Waals surface area contributed by atoms with E-state index in [1.54, 1.807) is 79.0 Å². The fourth-order valence-corrected chi connectivity index (χ4v) is 8.27. The van der Waals surface area contributed by atoms with Crippen LogP contribution in [0.5, 0.6) is 5.75 Å². The summed E-state index contributed by atoms with van der Waals surface area (Å²) < 4.78 is 184. The molecule has 7 aromatic carbocycles. The Balaban J connectivity index is 1.48. The Hall–Kier alpha value is -7.04. The van der Waals surface area contributed by atoms with Crippen molar-refractivity contribution in [3.63, 3.8) is 0 Å². The smallest absolute Gasteiger partial charge is 0.149 e. The maximum Gasteiger partial charge on any atom is 0.149 e. The largest absolute Gasteiger partial charge is 0.507 e. The van der Waals surface area contributed by atoms with E-state index in [0.29, 0.717) is 56.4 Å². The lowest BCUT2D eigenvalue weighted by Crippen LogP contribution is -2.17. The Morgan fingerprint density at radius 3 is 1.85 bits per heavy atom. The predicted octanol–water partition coefficient (Wildman–Crippen LogP) is 16.3. The molecule has 0 aliphatic carbocycles. The van der Waals surface area contributed by atoms with E-state index in [9.17, 15) is 5.11 Å². The number of aromatic nitrogens is 3. The fourth-order valence-electron chi connectivity index (χ4n) is 8.27. The van der Waals surface area contributed by atoms with Gasteiger partial charge in [-0.05, 0) is 122 Å². The summed E-state index contributed by atoms with van der Waals surface area (Å²) in [6.45, 7) is -21.0. The highest BCUT2D eigenvalue weighted by atomic mass is 16.3. The minimum atomic E-state index is -4.17. The van der Waals surface area contributed by atoms with E-state index in [1.165, 1.54) is 4.57 Å². The molecule has 4 heteroatoms. The second-order valence-electron chi connectivity index (χ2n) is 17.4. The highest BCUT2D eigenvalue weighted by Crippen LogP contribution is 2.46. The average Bonchev–Trinajstić information content (AvgIpc) is 0.774. The summed E-state index contributed by atoms with van der Waals surface area (Å²) in [5, 5.41) is 13.1. The average molecular weight is 871 g/mol. The van der Waals surface area contributed by atoms with Crippen molar-refractivity contribution >= 4 is 11.0 Å². The molecule has 0 amide bonds. The van der Waals surface area contributed by atoms with E-state index in [1.807, 2.05) is 99.6 Å². The fraction of sp³-hybridized carbons (Fsp3) is 0.213. The van der Waals surface area contributed by atoms with Crippen LogP contribution in [0.1, 0.15) is 113 Å². The van der Waals surface area contributed by atoms with Crippen molar-refractivity contribution in [2.75, 3.05) is 0 Å². The van der Waals surface area contributed by atoms with E-state index in [4.69, 9.17) is 38.8 Å². The molecule has 0 aliphatic rings. The van der Waals surface area contributed by atoms with E-state index in [-0.39, 0.29) is 22.7 Å². The first-order valence-electron chi connectivity index (χ1n) is 31.5. The number of hydrogen-bond acceptors (Lipinski definition) is 3. The van der Waals surface area contributed by atoms with Crippen LogP contribution >= 0.6 is 0 Å². The van der Waals surface area contributed by atoms with Crippen LogP contribution in [0, 0.1) is 6.85 Å². The molecule has 65 heavy (non-hydrogen) atoms. The van der Waals surface area contributed by atoms with Crippen molar-refractivity contribution in [2.45, 2.75) is 85.0 Å². The number of nitrogens with zero attached hydrogens (tertiary/aromatic N) is 3. The third-order valence-corrected chi connectivity index (χ3v) is 11.7. The normalized spacial score (nSPS) is 18.4. The van der Waals surface area contributed by atoms with Gasteiger partial charge in [0.25, 0.3) is 0 Å². The standard InChI is InChI=1S/C61H59N3O/c1-39-24-26-41(27-25-39)43-30-31-62-53(35-43)46-33-44(40-18-13-11-14-19-40)32-45(34-46)49-22-17-23-55-56(49)63-58(51-37-48(60(5,6)7)38-52(57(51)65)61(8,9)10)64(55)54-29-28-47(59(2,3)4)36-50(54)42-20-15-12-16-21-42/h11-38,65H,1-10H3/i1D3,5D3,6D3,7D3,8D3,9D3,10D3. The SMILES string of the molecule is [2H]C([2H])([2H])c1ccc(-c2ccnc(-c3cc(-c4ccccc4)cc(-c4cccc5c4nc(-c4cc(C(C([2H])([2H])[2H])(C([2H])([2H])[2H])C([2H])([2H])[2H])cc(C(C([2H])([2H])[2H])(C([2H])([2H])[2H])C([2H])([2H])[2H])c4O)n5-c4ccc(C(C)(C)C)cc4-c4ccccc4)c3)c2)cc1. The van der Waals surface area contributed by atoms with Gasteiger partial charge in [-0.25, -0.2) is 4.98 Å². The summed E-state index contributed by atoms with van der Waals surface area (Å²) in [6.07, 6.45) is 1.62. The molecule has 9 rings (SSSR count). The first-order valence-corrected chi connectivity index (χ1v) is 21.0. The third kappa shape index (κ3) is 8.54. The van der Waals surface area contributed by atoms with Gasteiger partial charge in [-0.2, -0.15) is 0 Å². The number of pyridine rings is 1. The first kappa shape index (κ1) is 24.9. The Labute approximate surface area is 414 Å². The van der Waals surface area contributed by atoms with Gasteiger partial charge in [-0.1, -0.05) is 177 Å². The van der Waals surface area contributed by atoms with Crippen molar-refractivity contribution in [2.24, 2.45) is 0 Å². The molecule has 0 bridgehead atoms. The number of imidazole rings is 1. The summed E-state index contributed by atoms with van der Waals surface area (Å²) in [7, 11) is 0. The molecule has 2 aromatic heterocycles. The van der Waals surface area contributed by atoms with Gasteiger partial charge in [-0.15, -0.1) is 0 Å². The quantitative estimate of drug-likeness (QED) is 0.174. The summed E-state index contributed by atoms with van der Waals surface area (Å²) in [5.41, 5.74) is -4.48. The second kappa shape index (κ2) is 16.5. The minimum absolute atomic E-state index is 0.127. The van der Waals surface area contributed by atoms with Crippen LogP contribution in [0.15, 0.2) is 170 Å².